The maximum absolute atomic E-state index is 13.7. The van der Waals surface area contributed by atoms with Crippen LogP contribution in [0.15, 0.2) is 36.5 Å². The van der Waals surface area contributed by atoms with Crippen LogP contribution in [0.25, 0.3) is 5.69 Å². The molecule has 1 amide bonds. The minimum Gasteiger partial charge on any atom is -0.481 e. The third-order valence-corrected chi connectivity index (χ3v) is 6.26. The molecule has 0 saturated carbocycles. The SMILES string of the molecule is COC(=O)NCc1nnc(N2CC(N3CCCc4cc(F)ccc43)C2)n1-c1ccc(OC)nc1. The smallest absolute Gasteiger partial charge is 0.407 e. The van der Waals surface area contributed by atoms with Gasteiger partial charge >= 0.3 is 6.09 Å². The molecule has 178 valence electrons. The Morgan fingerprint density at radius 2 is 2.06 bits per heavy atom. The number of carbonyl (C=O) groups is 1. The summed E-state index contributed by atoms with van der Waals surface area (Å²) in [6, 6.07) is 8.98. The molecule has 2 aromatic heterocycles. The molecule has 11 heteroatoms. The van der Waals surface area contributed by atoms with Gasteiger partial charge in [-0.1, -0.05) is 0 Å². The highest BCUT2D eigenvalue weighted by Gasteiger charge is 2.37. The number of benzene rings is 1. The first kappa shape index (κ1) is 21.9. The van der Waals surface area contributed by atoms with Gasteiger partial charge in [0, 0.05) is 31.4 Å². The standard InChI is InChI=1S/C23H26FN7O3/c1-33-21-8-6-17(11-25-21)31-20(12-26-23(32)34-2)27-28-22(31)29-13-18(14-29)30-9-3-4-15-10-16(24)5-7-19(15)30/h5-8,10-11,18H,3-4,9,12-14H2,1-2H3,(H,26,32). The van der Waals surface area contributed by atoms with Gasteiger partial charge in [0.05, 0.1) is 38.7 Å². The Labute approximate surface area is 196 Å². The lowest BCUT2D eigenvalue weighted by Crippen LogP contribution is -2.61. The molecular weight excluding hydrogens is 441 g/mol. The number of pyridine rings is 1. The Balaban J connectivity index is 1.38. The zero-order valence-corrected chi connectivity index (χ0v) is 19.1. The molecule has 1 saturated heterocycles. The van der Waals surface area contributed by atoms with Gasteiger partial charge in [-0.05, 0) is 42.7 Å². The second-order valence-electron chi connectivity index (χ2n) is 8.28. The third-order valence-electron chi connectivity index (χ3n) is 6.26. The van der Waals surface area contributed by atoms with Crippen LogP contribution in [0.4, 0.5) is 20.8 Å². The molecule has 4 heterocycles. The van der Waals surface area contributed by atoms with Crippen LogP contribution in [0.1, 0.15) is 17.8 Å². The first-order chi connectivity index (χ1) is 16.6. The van der Waals surface area contributed by atoms with Crippen molar-refractivity contribution < 1.29 is 18.7 Å². The van der Waals surface area contributed by atoms with Gasteiger partial charge in [-0.3, -0.25) is 4.57 Å². The first-order valence-electron chi connectivity index (χ1n) is 11.1. The van der Waals surface area contributed by atoms with E-state index in [1.807, 2.05) is 16.7 Å². The van der Waals surface area contributed by atoms with E-state index in [0.29, 0.717) is 23.7 Å². The van der Waals surface area contributed by atoms with Crippen LogP contribution in [0.2, 0.25) is 0 Å². The van der Waals surface area contributed by atoms with E-state index in [4.69, 9.17) is 4.74 Å². The molecule has 34 heavy (non-hydrogen) atoms. The number of fused-ring (bicyclic) bond motifs is 1. The molecule has 0 radical (unpaired) electrons. The van der Waals surface area contributed by atoms with E-state index in [0.717, 1.165) is 49.4 Å². The second kappa shape index (κ2) is 9.16. The average Bonchev–Trinajstić information content (AvgIpc) is 3.24. The fourth-order valence-corrected chi connectivity index (χ4v) is 4.53. The van der Waals surface area contributed by atoms with Crippen LogP contribution in [-0.2, 0) is 17.7 Å². The van der Waals surface area contributed by atoms with E-state index in [-0.39, 0.29) is 12.4 Å². The summed E-state index contributed by atoms with van der Waals surface area (Å²) in [6.07, 6.45) is 3.03. The van der Waals surface area contributed by atoms with Crippen molar-refractivity contribution in [2.24, 2.45) is 0 Å². The molecule has 1 fully saturated rings. The molecule has 0 spiro atoms. The van der Waals surface area contributed by atoms with Crippen molar-refractivity contribution in [1.82, 2.24) is 25.1 Å². The maximum Gasteiger partial charge on any atom is 0.407 e. The number of alkyl carbamates (subject to hydrolysis) is 1. The number of nitrogens with one attached hydrogen (secondary N) is 1. The molecule has 2 aliphatic heterocycles. The van der Waals surface area contributed by atoms with E-state index in [1.165, 1.54) is 13.2 Å². The van der Waals surface area contributed by atoms with E-state index in [9.17, 15) is 9.18 Å². The quantitative estimate of drug-likeness (QED) is 0.590. The number of hydrogen-bond acceptors (Lipinski definition) is 8. The minimum absolute atomic E-state index is 0.147. The monoisotopic (exact) mass is 467 g/mol. The fraction of sp³-hybridized carbons (Fsp3) is 0.391. The normalized spacial score (nSPS) is 15.5. The predicted octanol–water partition coefficient (Wildman–Crippen LogP) is 2.31. The van der Waals surface area contributed by atoms with Gasteiger partial charge in [0.1, 0.15) is 5.82 Å². The number of hydrogen-bond donors (Lipinski definition) is 1. The van der Waals surface area contributed by atoms with Gasteiger partial charge in [-0.15, -0.1) is 10.2 Å². The molecule has 2 aliphatic rings. The third kappa shape index (κ3) is 4.09. The highest BCUT2D eigenvalue weighted by atomic mass is 19.1. The van der Waals surface area contributed by atoms with Gasteiger partial charge in [-0.25, -0.2) is 14.2 Å². The average molecular weight is 468 g/mol. The summed E-state index contributed by atoms with van der Waals surface area (Å²) in [5, 5.41) is 11.4. The number of carbonyl (C=O) groups excluding carboxylic acids is 1. The zero-order chi connectivity index (χ0) is 23.7. The summed E-state index contributed by atoms with van der Waals surface area (Å²) in [7, 11) is 2.87. The molecular formula is C23H26FN7O3. The van der Waals surface area contributed by atoms with Crippen LogP contribution in [0.5, 0.6) is 5.88 Å². The van der Waals surface area contributed by atoms with Crippen LogP contribution < -0.4 is 19.9 Å². The number of aryl methyl sites for hydroxylation is 1. The number of ether oxygens (including phenoxy) is 2. The summed E-state index contributed by atoms with van der Waals surface area (Å²) >= 11 is 0. The Morgan fingerprint density at radius 1 is 1.21 bits per heavy atom. The van der Waals surface area contributed by atoms with Gasteiger partial charge in [0.25, 0.3) is 0 Å². The van der Waals surface area contributed by atoms with Gasteiger partial charge in [-0.2, -0.15) is 0 Å². The maximum atomic E-state index is 13.7. The topological polar surface area (TPSA) is 97.6 Å². The van der Waals surface area contributed by atoms with Crippen molar-refractivity contribution >= 4 is 17.7 Å². The fourth-order valence-electron chi connectivity index (χ4n) is 4.53. The van der Waals surface area contributed by atoms with Crippen LogP contribution in [0, 0.1) is 5.82 Å². The Bertz CT molecular complexity index is 1180. The van der Waals surface area contributed by atoms with Crippen molar-refractivity contribution in [2.45, 2.75) is 25.4 Å². The zero-order valence-electron chi connectivity index (χ0n) is 19.1. The van der Waals surface area contributed by atoms with Crippen molar-refractivity contribution in [3.8, 4) is 11.6 Å². The van der Waals surface area contributed by atoms with Crippen LogP contribution in [0.3, 0.4) is 0 Å². The summed E-state index contributed by atoms with van der Waals surface area (Å²) in [5.74, 6) is 1.53. The Morgan fingerprint density at radius 3 is 2.79 bits per heavy atom. The highest BCUT2D eigenvalue weighted by Crippen LogP contribution is 2.34. The second-order valence-corrected chi connectivity index (χ2v) is 8.28. The number of halogens is 1. The molecule has 1 N–H and O–H groups in total. The van der Waals surface area contributed by atoms with Gasteiger partial charge in [0.2, 0.25) is 11.8 Å². The number of nitrogens with zero attached hydrogens (tertiary/aromatic N) is 6. The number of rotatable bonds is 6. The predicted molar refractivity (Wildman–Crippen MR) is 123 cm³/mol. The highest BCUT2D eigenvalue weighted by molar-refractivity contribution is 5.66. The van der Waals surface area contributed by atoms with E-state index in [1.54, 1.807) is 25.4 Å². The largest absolute Gasteiger partial charge is 0.481 e. The van der Waals surface area contributed by atoms with Crippen molar-refractivity contribution in [2.75, 3.05) is 43.7 Å². The summed E-state index contributed by atoms with van der Waals surface area (Å²) in [4.78, 5) is 20.4. The number of aromatic nitrogens is 4. The first-order valence-corrected chi connectivity index (χ1v) is 11.1. The Hall–Kier alpha value is -3.89. The summed E-state index contributed by atoms with van der Waals surface area (Å²) in [5.41, 5.74) is 2.93. The van der Waals surface area contributed by atoms with E-state index < -0.39 is 6.09 Å². The lowest BCUT2D eigenvalue weighted by atomic mass is 9.97. The van der Waals surface area contributed by atoms with Crippen LogP contribution >= 0.6 is 0 Å². The molecule has 0 aliphatic carbocycles. The molecule has 0 unspecified atom stereocenters. The van der Waals surface area contributed by atoms with Crippen molar-refractivity contribution in [3.05, 3.63) is 53.7 Å². The van der Waals surface area contributed by atoms with Crippen molar-refractivity contribution in [1.29, 1.82) is 0 Å². The molecule has 10 nitrogen and oxygen atoms in total. The van der Waals surface area contributed by atoms with E-state index >= 15 is 0 Å². The van der Waals surface area contributed by atoms with Gasteiger partial charge in [0.15, 0.2) is 5.82 Å². The summed E-state index contributed by atoms with van der Waals surface area (Å²) < 4.78 is 25.4. The number of anilines is 2. The minimum atomic E-state index is -0.548. The Kier molecular flexibility index (Phi) is 5.91. The molecule has 0 bridgehead atoms. The molecule has 1 aromatic carbocycles. The number of methoxy groups -OCH3 is 2. The lowest BCUT2D eigenvalue weighted by molar-refractivity contribution is 0.170. The van der Waals surface area contributed by atoms with E-state index in [2.05, 4.69) is 35.0 Å². The van der Waals surface area contributed by atoms with Crippen molar-refractivity contribution in [3.63, 3.8) is 0 Å². The molecule has 3 aromatic rings. The molecule has 5 rings (SSSR count). The van der Waals surface area contributed by atoms with Gasteiger partial charge < -0.3 is 24.6 Å². The lowest BCUT2D eigenvalue weighted by Gasteiger charge is -2.48. The summed E-state index contributed by atoms with van der Waals surface area (Å²) in [6.45, 7) is 2.60. The number of amides is 1. The van der Waals surface area contributed by atoms with Crippen LogP contribution in [-0.4, -0.2) is 65.7 Å². The molecule has 0 atom stereocenters.